The minimum absolute atomic E-state index is 0.102. The molecule has 1 aliphatic carbocycles. The smallest absolute Gasteiger partial charge is 0.0465 e. The van der Waals surface area contributed by atoms with Gasteiger partial charge in [-0.25, -0.2) is 0 Å². The second-order valence-corrected chi connectivity index (χ2v) is 15.6. The first kappa shape index (κ1) is 34.0. The van der Waals surface area contributed by atoms with Crippen LogP contribution in [-0.2, 0) is 10.8 Å². The monoisotopic (exact) mass is 686 g/mol. The van der Waals surface area contributed by atoms with E-state index in [-0.39, 0.29) is 10.8 Å². The second-order valence-electron chi connectivity index (χ2n) is 15.6. The fourth-order valence-corrected chi connectivity index (χ4v) is 7.65. The minimum atomic E-state index is -0.150. The van der Waals surface area contributed by atoms with Crippen LogP contribution < -0.4 is 9.80 Å². The highest BCUT2D eigenvalue weighted by Crippen LogP contribution is 2.51. The number of benzene rings is 7. The molecule has 0 spiro atoms. The molecule has 0 saturated heterocycles. The van der Waals surface area contributed by atoms with E-state index in [1.807, 2.05) is 0 Å². The number of rotatable bonds is 8. The van der Waals surface area contributed by atoms with Gasteiger partial charge in [0.15, 0.2) is 0 Å². The molecule has 0 aliphatic heterocycles. The Balaban J connectivity index is 1.07. The maximum absolute atomic E-state index is 2.41. The van der Waals surface area contributed by atoms with E-state index >= 15 is 0 Å². The van der Waals surface area contributed by atoms with Gasteiger partial charge < -0.3 is 9.80 Å². The number of anilines is 6. The predicted octanol–water partition coefficient (Wildman–Crippen LogP) is 14.4. The molecular weight excluding hydrogens is 641 g/mol. The molecule has 0 amide bonds. The Morgan fingerprint density at radius 1 is 0.396 bits per heavy atom. The molecule has 7 aromatic rings. The Kier molecular flexibility index (Phi) is 8.84. The van der Waals surface area contributed by atoms with Crippen molar-refractivity contribution in [3.05, 3.63) is 204 Å². The number of hydrogen-bond donors (Lipinski definition) is 0. The molecule has 0 bridgehead atoms. The molecule has 2 heteroatoms. The van der Waals surface area contributed by atoms with Gasteiger partial charge in [-0.1, -0.05) is 150 Å². The van der Waals surface area contributed by atoms with Crippen LogP contribution in [0.4, 0.5) is 34.1 Å². The summed E-state index contributed by atoms with van der Waals surface area (Å²) in [6.07, 6.45) is 4.46. The molecule has 2 nitrogen and oxygen atoms in total. The van der Waals surface area contributed by atoms with E-state index in [2.05, 4.69) is 232 Å². The summed E-state index contributed by atoms with van der Waals surface area (Å²) in [6, 6.07) is 63.6. The molecule has 0 atom stereocenters. The van der Waals surface area contributed by atoms with Crippen LogP contribution in [0.3, 0.4) is 0 Å². The molecule has 0 saturated carbocycles. The topological polar surface area (TPSA) is 6.48 Å². The largest absolute Gasteiger partial charge is 0.311 e. The van der Waals surface area contributed by atoms with Gasteiger partial charge in [0.25, 0.3) is 0 Å². The summed E-state index contributed by atoms with van der Waals surface area (Å²) in [6.45, 7) is 11.5. The summed E-state index contributed by atoms with van der Waals surface area (Å²) >= 11 is 0. The molecule has 1 aliphatic rings. The Bertz CT molecular complexity index is 2330. The number of fused-ring (bicyclic) bond motifs is 3. The lowest BCUT2D eigenvalue weighted by atomic mass is 9.81. The molecule has 0 aromatic heterocycles. The lowest BCUT2D eigenvalue weighted by molar-refractivity contribution is 0.590. The molecule has 0 unspecified atom stereocenters. The van der Waals surface area contributed by atoms with Gasteiger partial charge in [-0.3, -0.25) is 0 Å². The van der Waals surface area contributed by atoms with Gasteiger partial charge in [-0.2, -0.15) is 0 Å². The molecule has 0 heterocycles. The fraction of sp³-hybridized carbons (Fsp3) is 0.137. The summed E-state index contributed by atoms with van der Waals surface area (Å²) in [5.41, 5.74) is 15.9. The molecule has 7 aromatic carbocycles. The molecule has 53 heavy (non-hydrogen) atoms. The van der Waals surface area contributed by atoms with Gasteiger partial charge in [0.2, 0.25) is 0 Å². The Labute approximate surface area is 315 Å². The van der Waals surface area contributed by atoms with E-state index in [4.69, 9.17) is 0 Å². The van der Waals surface area contributed by atoms with E-state index in [9.17, 15) is 0 Å². The van der Waals surface area contributed by atoms with Crippen LogP contribution in [0.2, 0.25) is 0 Å². The first-order valence-corrected chi connectivity index (χ1v) is 18.6. The number of hydrogen-bond acceptors (Lipinski definition) is 2. The lowest BCUT2D eigenvalue weighted by Crippen LogP contribution is -2.17. The highest BCUT2D eigenvalue weighted by Gasteiger charge is 2.36. The second kappa shape index (κ2) is 13.8. The van der Waals surface area contributed by atoms with Crippen molar-refractivity contribution in [2.24, 2.45) is 0 Å². The van der Waals surface area contributed by atoms with Crippen LogP contribution in [0.1, 0.15) is 62.4 Å². The van der Waals surface area contributed by atoms with Crippen LogP contribution in [0.5, 0.6) is 0 Å². The van der Waals surface area contributed by atoms with E-state index in [1.54, 1.807) is 0 Å². The van der Waals surface area contributed by atoms with Crippen molar-refractivity contribution >= 4 is 46.3 Å². The standard InChI is InChI=1S/C51H46N2/c1-50(2,3)39-26-30-44(31-27-39)53(42-19-13-8-14-20-42)45-32-34-47-46-33-25-38(35-48(46)51(4,5)49(47)36-45)22-21-37-23-28-43(29-24-37)52(40-15-9-6-10-16-40)41-17-11-7-12-18-41/h6-36H,1-5H3/b22-21+. The zero-order chi connectivity index (χ0) is 36.6. The SMILES string of the molecule is CC(C)(C)c1ccc(N(c2ccccc2)c2ccc3c(c2)C(C)(C)c2cc(/C=C/c4ccc(N(c5ccccc5)c5ccccc5)cc4)ccc2-3)cc1. The molecule has 0 radical (unpaired) electrons. The molecule has 0 fully saturated rings. The van der Waals surface area contributed by atoms with Crippen molar-refractivity contribution in [3.8, 4) is 11.1 Å². The maximum Gasteiger partial charge on any atom is 0.0465 e. The molecule has 260 valence electrons. The summed E-state index contributed by atoms with van der Waals surface area (Å²) in [7, 11) is 0. The van der Waals surface area contributed by atoms with E-state index in [0.29, 0.717) is 0 Å². The summed E-state index contributed by atoms with van der Waals surface area (Å²) in [5.74, 6) is 0. The van der Waals surface area contributed by atoms with Gasteiger partial charge in [-0.05, 0) is 117 Å². The zero-order valence-corrected chi connectivity index (χ0v) is 31.3. The van der Waals surface area contributed by atoms with Gasteiger partial charge in [-0.15, -0.1) is 0 Å². The van der Waals surface area contributed by atoms with Crippen molar-refractivity contribution in [1.29, 1.82) is 0 Å². The first-order valence-electron chi connectivity index (χ1n) is 18.6. The van der Waals surface area contributed by atoms with E-state index in [0.717, 1.165) is 28.4 Å². The van der Waals surface area contributed by atoms with Crippen LogP contribution in [0, 0.1) is 0 Å². The van der Waals surface area contributed by atoms with E-state index in [1.165, 1.54) is 44.6 Å². The first-order chi connectivity index (χ1) is 25.7. The van der Waals surface area contributed by atoms with Crippen molar-refractivity contribution in [1.82, 2.24) is 0 Å². The minimum Gasteiger partial charge on any atom is -0.311 e. The number of para-hydroxylation sites is 3. The Hall–Kier alpha value is -6.12. The van der Waals surface area contributed by atoms with Crippen molar-refractivity contribution in [3.63, 3.8) is 0 Å². The normalized spacial score (nSPS) is 13.1. The predicted molar refractivity (Wildman–Crippen MR) is 227 cm³/mol. The average Bonchev–Trinajstić information content (AvgIpc) is 3.41. The van der Waals surface area contributed by atoms with Crippen molar-refractivity contribution in [2.75, 3.05) is 9.80 Å². The number of nitrogens with zero attached hydrogens (tertiary/aromatic N) is 2. The average molecular weight is 687 g/mol. The summed E-state index contributed by atoms with van der Waals surface area (Å²) in [5, 5.41) is 0. The van der Waals surface area contributed by atoms with Gasteiger partial charge in [0.1, 0.15) is 0 Å². The van der Waals surface area contributed by atoms with Gasteiger partial charge >= 0.3 is 0 Å². The van der Waals surface area contributed by atoms with Gasteiger partial charge in [0.05, 0.1) is 0 Å². The van der Waals surface area contributed by atoms with Gasteiger partial charge in [0, 0.05) is 39.5 Å². The third kappa shape index (κ3) is 6.69. The van der Waals surface area contributed by atoms with Crippen molar-refractivity contribution < 1.29 is 0 Å². The third-order valence-electron chi connectivity index (χ3n) is 10.6. The van der Waals surface area contributed by atoms with Crippen LogP contribution >= 0.6 is 0 Å². The highest BCUT2D eigenvalue weighted by molar-refractivity contribution is 5.87. The maximum atomic E-state index is 2.41. The van der Waals surface area contributed by atoms with E-state index < -0.39 is 0 Å². The highest BCUT2D eigenvalue weighted by atomic mass is 15.1. The molecule has 0 N–H and O–H groups in total. The lowest BCUT2D eigenvalue weighted by Gasteiger charge is -2.29. The third-order valence-corrected chi connectivity index (χ3v) is 10.6. The zero-order valence-electron chi connectivity index (χ0n) is 31.3. The Morgan fingerprint density at radius 3 is 1.28 bits per heavy atom. The van der Waals surface area contributed by atoms with Crippen LogP contribution in [0.25, 0.3) is 23.3 Å². The van der Waals surface area contributed by atoms with Crippen LogP contribution in [-0.4, -0.2) is 0 Å². The van der Waals surface area contributed by atoms with Crippen LogP contribution in [0.15, 0.2) is 176 Å². The molecular formula is C51H46N2. The molecule has 8 rings (SSSR count). The van der Waals surface area contributed by atoms with Crippen molar-refractivity contribution in [2.45, 2.75) is 45.4 Å². The summed E-state index contributed by atoms with van der Waals surface area (Å²) in [4.78, 5) is 4.67. The quantitative estimate of drug-likeness (QED) is 0.147. The fourth-order valence-electron chi connectivity index (χ4n) is 7.65. The Morgan fingerprint density at radius 2 is 0.774 bits per heavy atom. The summed E-state index contributed by atoms with van der Waals surface area (Å²) < 4.78 is 0.